The summed E-state index contributed by atoms with van der Waals surface area (Å²) in [6.45, 7) is 2.00. The van der Waals surface area contributed by atoms with Gasteiger partial charge in [0, 0.05) is 16.3 Å². The summed E-state index contributed by atoms with van der Waals surface area (Å²) in [6, 6.07) is 32.0. The average molecular weight is 559 g/mol. The molecule has 2 aliphatic rings. The number of rotatable bonds is 4. The van der Waals surface area contributed by atoms with Gasteiger partial charge in [-0.25, -0.2) is 19.5 Å². The second kappa shape index (κ2) is 9.76. The first-order valence-electron chi connectivity index (χ1n) is 13.0. The van der Waals surface area contributed by atoms with Crippen molar-refractivity contribution in [3.63, 3.8) is 0 Å². The number of fused-ring (bicyclic) bond motifs is 4. The van der Waals surface area contributed by atoms with E-state index < -0.39 is 5.97 Å². The lowest BCUT2D eigenvalue weighted by Gasteiger charge is -2.40. The van der Waals surface area contributed by atoms with E-state index in [1.54, 1.807) is 18.2 Å². The zero-order valence-corrected chi connectivity index (χ0v) is 22.6. The first-order valence-corrected chi connectivity index (χ1v) is 13.4. The number of anilines is 2. The first kappa shape index (κ1) is 24.8. The van der Waals surface area contributed by atoms with E-state index in [0.717, 1.165) is 33.9 Å². The molecule has 2 aliphatic heterocycles. The number of hydrogen-bond donors (Lipinski definition) is 2. The van der Waals surface area contributed by atoms with E-state index in [0.29, 0.717) is 28.2 Å². The predicted molar refractivity (Wildman–Crippen MR) is 162 cm³/mol. The van der Waals surface area contributed by atoms with Crippen molar-refractivity contribution in [2.45, 2.75) is 13.0 Å². The molecule has 1 aromatic heterocycles. The van der Waals surface area contributed by atoms with Crippen LogP contribution in [0, 0.1) is 6.92 Å². The third-order valence-electron chi connectivity index (χ3n) is 7.20. The molecule has 0 unspecified atom stereocenters. The van der Waals surface area contributed by atoms with E-state index >= 15 is 0 Å². The summed E-state index contributed by atoms with van der Waals surface area (Å²) in [5, 5.41) is 18.5. The van der Waals surface area contributed by atoms with Crippen LogP contribution in [0.1, 0.15) is 33.2 Å². The Morgan fingerprint density at radius 2 is 1.66 bits per heavy atom. The summed E-state index contributed by atoms with van der Waals surface area (Å²) in [7, 11) is 0. The smallest absolute Gasteiger partial charge is 0.335 e. The zero-order chi connectivity index (χ0) is 28.1. The third kappa shape index (κ3) is 4.25. The number of amidine groups is 2. The van der Waals surface area contributed by atoms with Crippen molar-refractivity contribution in [2.24, 2.45) is 9.98 Å². The van der Waals surface area contributed by atoms with Crippen LogP contribution in [-0.4, -0.2) is 32.5 Å². The van der Waals surface area contributed by atoms with Gasteiger partial charge in [-0.3, -0.25) is 0 Å². The van der Waals surface area contributed by atoms with Gasteiger partial charge < -0.3 is 15.3 Å². The molecule has 5 aromatic rings. The second-order valence-corrected chi connectivity index (χ2v) is 10.2. The van der Waals surface area contributed by atoms with Gasteiger partial charge in [-0.05, 0) is 67.1 Å². The lowest BCUT2D eigenvalue weighted by Crippen LogP contribution is -2.46. The van der Waals surface area contributed by atoms with Crippen LogP contribution in [-0.2, 0) is 0 Å². The monoisotopic (exact) mass is 558 g/mol. The Labute approximate surface area is 240 Å². The highest BCUT2D eigenvalue weighted by Gasteiger charge is 2.41. The van der Waals surface area contributed by atoms with Gasteiger partial charge >= 0.3 is 5.97 Å². The van der Waals surface area contributed by atoms with Gasteiger partial charge in [0.05, 0.1) is 34.4 Å². The SMILES string of the molecule is Cc1nn(-c2ccccc2)c2c1[C@H](c1ccc(Cl)cc1)N1C(=N2)C(Nc2cccc(C(=O)O)c2)=Nc2ccccc21. The molecule has 9 heteroatoms. The summed E-state index contributed by atoms with van der Waals surface area (Å²) < 4.78 is 1.86. The Hall–Kier alpha value is -5.21. The molecule has 0 aliphatic carbocycles. The van der Waals surface area contributed by atoms with Crippen molar-refractivity contribution >= 4 is 52.1 Å². The minimum absolute atomic E-state index is 0.174. The van der Waals surface area contributed by atoms with Gasteiger partial charge in [-0.15, -0.1) is 0 Å². The zero-order valence-electron chi connectivity index (χ0n) is 21.9. The number of para-hydroxylation sites is 3. The third-order valence-corrected chi connectivity index (χ3v) is 7.45. The van der Waals surface area contributed by atoms with E-state index in [4.69, 9.17) is 26.7 Å². The summed E-state index contributed by atoms with van der Waals surface area (Å²) in [5.41, 5.74) is 6.16. The lowest BCUT2D eigenvalue weighted by atomic mass is 9.93. The van der Waals surface area contributed by atoms with E-state index in [2.05, 4.69) is 10.2 Å². The molecule has 2 N–H and O–H groups in total. The number of aliphatic imine (C=N–C) groups is 2. The summed E-state index contributed by atoms with van der Waals surface area (Å²) in [6.07, 6.45) is 0. The molecule has 41 heavy (non-hydrogen) atoms. The molecule has 0 amide bonds. The Morgan fingerprint density at radius 1 is 0.902 bits per heavy atom. The van der Waals surface area contributed by atoms with Crippen LogP contribution in [0.25, 0.3) is 5.69 Å². The van der Waals surface area contributed by atoms with Gasteiger partial charge in [-0.2, -0.15) is 5.10 Å². The molecule has 0 radical (unpaired) electrons. The molecule has 7 rings (SSSR count). The number of hydrogen-bond acceptors (Lipinski definition) is 6. The first-order chi connectivity index (χ1) is 20.0. The summed E-state index contributed by atoms with van der Waals surface area (Å²) in [4.78, 5) is 24.0. The Balaban J connectivity index is 1.48. The van der Waals surface area contributed by atoms with Crippen LogP contribution < -0.4 is 10.2 Å². The molecule has 8 nitrogen and oxygen atoms in total. The van der Waals surface area contributed by atoms with Crippen LogP contribution in [0.15, 0.2) is 113 Å². The molecule has 0 fully saturated rings. The highest BCUT2D eigenvalue weighted by molar-refractivity contribution is 6.51. The van der Waals surface area contributed by atoms with Gasteiger partial charge in [0.1, 0.15) is 0 Å². The second-order valence-electron chi connectivity index (χ2n) is 9.79. The number of aromatic carboxylic acids is 1. The number of carbonyl (C=O) groups is 1. The van der Waals surface area contributed by atoms with Gasteiger partial charge in [0.15, 0.2) is 17.5 Å². The highest BCUT2D eigenvalue weighted by Crippen LogP contribution is 2.48. The van der Waals surface area contributed by atoms with Crippen molar-refractivity contribution < 1.29 is 9.90 Å². The Kier molecular flexibility index (Phi) is 5.91. The molecule has 0 saturated heterocycles. The maximum atomic E-state index is 11.7. The van der Waals surface area contributed by atoms with E-state index in [1.165, 1.54) is 0 Å². The van der Waals surface area contributed by atoms with E-state index in [9.17, 15) is 9.90 Å². The fourth-order valence-electron chi connectivity index (χ4n) is 5.37. The van der Waals surface area contributed by atoms with Crippen molar-refractivity contribution in [3.05, 3.63) is 131 Å². The largest absolute Gasteiger partial charge is 0.478 e. The number of aryl methyl sites for hydroxylation is 1. The van der Waals surface area contributed by atoms with E-state index in [-0.39, 0.29) is 11.6 Å². The fraction of sp³-hybridized carbons (Fsp3) is 0.0625. The molecule has 1 atom stereocenters. The maximum absolute atomic E-state index is 11.7. The van der Waals surface area contributed by atoms with Gasteiger partial charge in [0.25, 0.3) is 0 Å². The van der Waals surface area contributed by atoms with Crippen LogP contribution >= 0.6 is 11.6 Å². The molecule has 0 spiro atoms. The lowest BCUT2D eigenvalue weighted by molar-refractivity contribution is 0.0697. The van der Waals surface area contributed by atoms with Gasteiger partial charge in [-0.1, -0.05) is 60.1 Å². The number of aromatic nitrogens is 2. The molecule has 4 aromatic carbocycles. The molecular formula is C32H23ClN6O2. The normalized spacial score (nSPS) is 15.3. The number of carboxylic acid groups (broad SMARTS) is 1. The molecule has 0 bridgehead atoms. The summed E-state index contributed by atoms with van der Waals surface area (Å²) >= 11 is 6.31. The maximum Gasteiger partial charge on any atom is 0.335 e. The number of benzene rings is 4. The molecular weight excluding hydrogens is 536 g/mol. The van der Waals surface area contributed by atoms with Gasteiger partial charge in [0.2, 0.25) is 0 Å². The van der Waals surface area contributed by atoms with E-state index in [1.807, 2.05) is 96.5 Å². The topological polar surface area (TPSA) is 95.1 Å². The molecule has 0 saturated carbocycles. The number of nitrogens with one attached hydrogen (secondary N) is 1. The Bertz CT molecular complexity index is 1880. The van der Waals surface area contributed by atoms with Crippen LogP contribution in [0.5, 0.6) is 0 Å². The fourth-order valence-corrected chi connectivity index (χ4v) is 5.50. The van der Waals surface area contributed by atoms with Crippen molar-refractivity contribution in [2.75, 3.05) is 10.2 Å². The van der Waals surface area contributed by atoms with Crippen LogP contribution in [0.2, 0.25) is 5.02 Å². The summed E-state index contributed by atoms with van der Waals surface area (Å²) in [5.74, 6) is 0.784. The van der Waals surface area contributed by atoms with Crippen molar-refractivity contribution in [1.29, 1.82) is 0 Å². The minimum atomic E-state index is -1.00. The standard InChI is InChI=1S/C32H23ClN6O2/c1-19-27-28(20-14-16-22(33)17-15-20)38-26-13-6-5-12-25(26)35-29(34-23-9-7-8-21(18-23)32(40)41)31(38)36-30(27)39(37-19)24-10-3-2-4-11-24/h2-18,28H,1H3,(H,34,35)(H,40,41)/t28-/m0/s1. The quantitative estimate of drug-likeness (QED) is 0.241. The Morgan fingerprint density at radius 3 is 2.44 bits per heavy atom. The van der Waals surface area contributed by atoms with Crippen molar-refractivity contribution in [1.82, 2.24) is 9.78 Å². The molecule has 200 valence electrons. The number of halogens is 1. The number of carboxylic acids is 1. The average Bonchev–Trinajstić information content (AvgIpc) is 3.33. The van der Waals surface area contributed by atoms with Crippen LogP contribution in [0.4, 0.5) is 22.9 Å². The predicted octanol–water partition coefficient (Wildman–Crippen LogP) is 7.33. The minimum Gasteiger partial charge on any atom is -0.478 e. The van der Waals surface area contributed by atoms with Crippen LogP contribution in [0.3, 0.4) is 0 Å². The highest BCUT2D eigenvalue weighted by atomic mass is 35.5. The number of nitrogens with zero attached hydrogens (tertiary/aromatic N) is 5. The van der Waals surface area contributed by atoms with Crippen molar-refractivity contribution in [3.8, 4) is 5.69 Å². The molecule has 3 heterocycles.